The van der Waals surface area contributed by atoms with Crippen molar-refractivity contribution >= 4 is 28.9 Å². The molecule has 0 aliphatic carbocycles. The van der Waals surface area contributed by atoms with E-state index in [0.29, 0.717) is 28.8 Å². The van der Waals surface area contributed by atoms with Crippen LogP contribution in [0.2, 0.25) is 5.02 Å². The molecular formula is C19H21ClN2O3. The van der Waals surface area contributed by atoms with Crippen molar-refractivity contribution in [2.75, 3.05) is 31.0 Å². The molecule has 1 atom stereocenters. The molecule has 5 nitrogen and oxygen atoms in total. The van der Waals surface area contributed by atoms with E-state index in [1.165, 1.54) is 5.56 Å². The van der Waals surface area contributed by atoms with Crippen LogP contribution in [-0.4, -0.2) is 32.7 Å². The maximum absolute atomic E-state index is 12.9. The number of fused-ring (bicyclic) bond motifs is 1. The number of para-hydroxylation sites is 1. The minimum atomic E-state index is -0.426. The summed E-state index contributed by atoms with van der Waals surface area (Å²) in [7, 11) is 3.11. The molecule has 0 radical (unpaired) electrons. The number of halogens is 1. The first-order valence-corrected chi connectivity index (χ1v) is 8.50. The van der Waals surface area contributed by atoms with Gasteiger partial charge in [-0.2, -0.15) is 0 Å². The van der Waals surface area contributed by atoms with E-state index < -0.39 is 6.04 Å². The van der Waals surface area contributed by atoms with Crippen LogP contribution in [0.3, 0.4) is 0 Å². The first-order valence-electron chi connectivity index (χ1n) is 8.12. The van der Waals surface area contributed by atoms with E-state index in [1.54, 1.807) is 26.4 Å². The number of ether oxygens (including phenoxy) is 2. The van der Waals surface area contributed by atoms with Crippen LogP contribution >= 0.6 is 11.6 Å². The molecule has 25 heavy (non-hydrogen) atoms. The van der Waals surface area contributed by atoms with Gasteiger partial charge in [-0.1, -0.05) is 29.8 Å². The zero-order chi connectivity index (χ0) is 18.0. The van der Waals surface area contributed by atoms with Crippen LogP contribution < -0.4 is 19.7 Å². The number of hydrogen-bond acceptors (Lipinski definition) is 4. The molecule has 1 unspecified atom stereocenters. The Labute approximate surface area is 152 Å². The van der Waals surface area contributed by atoms with E-state index in [1.807, 2.05) is 30.0 Å². The monoisotopic (exact) mass is 360 g/mol. The largest absolute Gasteiger partial charge is 0.495 e. The molecule has 1 N–H and O–H groups in total. The molecule has 0 bridgehead atoms. The second kappa shape index (κ2) is 7.23. The highest BCUT2D eigenvalue weighted by molar-refractivity contribution is 6.32. The summed E-state index contributed by atoms with van der Waals surface area (Å²) in [6.07, 6.45) is 0.881. The number of benzene rings is 2. The van der Waals surface area contributed by atoms with Gasteiger partial charge in [0.1, 0.15) is 17.5 Å². The third-order valence-electron chi connectivity index (χ3n) is 4.37. The summed E-state index contributed by atoms with van der Waals surface area (Å²) in [6, 6.07) is 11.0. The summed E-state index contributed by atoms with van der Waals surface area (Å²) < 4.78 is 10.6. The molecule has 132 valence electrons. The predicted molar refractivity (Wildman–Crippen MR) is 100 cm³/mol. The number of methoxy groups -OCH3 is 2. The van der Waals surface area contributed by atoms with E-state index in [4.69, 9.17) is 21.1 Å². The van der Waals surface area contributed by atoms with Crippen molar-refractivity contribution in [3.63, 3.8) is 0 Å². The van der Waals surface area contributed by atoms with Crippen LogP contribution in [0.15, 0.2) is 36.4 Å². The Morgan fingerprint density at radius 3 is 2.64 bits per heavy atom. The van der Waals surface area contributed by atoms with Gasteiger partial charge >= 0.3 is 0 Å². The molecule has 2 aromatic rings. The van der Waals surface area contributed by atoms with E-state index in [2.05, 4.69) is 11.4 Å². The molecule has 0 saturated carbocycles. The maximum atomic E-state index is 12.9. The van der Waals surface area contributed by atoms with Gasteiger partial charge < -0.3 is 19.7 Å². The molecule has 1 amide bonds. The van der Waals surface area contributed by atoms with Crippen molar-refractivity contribution in [1.82, 2.24) is 0 Å². The Kier molecular flexibility index (Phi) is 5.04. The van der Waals surface area contributed by atoms with Crippen LogP contribution in [0.4, 0.5) is 11.4 Å². The third-order valence-corrected chi connectivity index (χ3v) is 4.66. The van der Waals surface area contributed by atoms with Crippen molar-refractivity contribution in [2.24, 2.45) is 0 Å². The first kappa shape index (κ1) is 17.4. The molecule has 0 aromatic heterocycles. The lowest BCUT2D eigenvalue weighted by Gasteiger charge is -2.24. The van der Waals surface area contributed by atoms with Crippen LogP contribution in [0.5, 0.6) is 11.5 Å². The number of carbonyl (C=O) groups excluding carboxylic acids is 1. The number of carbonyl (C=O) groups is 1. The lowest BCUT2D eigenvalue weighted by atomic mass is 10.2. The predicted octanol–water partition coefficient (Wildman–Crippen LogP) is 3.75. The molecule has 1 aliphatic rings. The zero-order valence-electron chi connectivity index (χ0n) is 14.5. The second-order valence-electron chi connectivity index (χ2n) is 5.92. The lowest BCUT2D eigenvalue weighted by Crippen LogP contribution is -2.40. The van der Waals surface area contributed by atoms with Crippen molar-refractivity contribution < 1.29 is 14.3 Å². The van der Waals surface area contributed by atoms with Gasteiger partial charge in [-0.3, -0.25) is 4.79 Å². The Bertz CT molecular complexity index is 794. The Hall–Kier alpha value is -2.40. The summed E-state index contributed by atoms with van der Waals surface area (Å²) >= 11 is 6.20. The fraction of sp³-hybridized carbons (Fsp3) is 0.316. The average molecular weight is 361 g/mol. The number of anilines is 2. The fourth-order valence-electron chi connectivity index (χ4n) is 3.07. The van der Waals surface area contributed by atoms with Crippen molar-refractivity contribution in [3.8, 4) is 11.5 Å². The summed E-state index contributed by atoms with van der Waals surface area (Å²) in [5.41, 5.74) is 2.84. The van der Waals surface area contributed by atoms with E-state index in [0.717, 1.165) is 12.1 Å². The van der Waals surface area contributed by atoms with Gasteiger partial charge in [0, 0.05) is 18.3 Å². The molecule has 3 rings (SSSR count). The SMILES string of the molecule is COc1cc(OC)c(NC(C)C(=O)N2CCc3ccccc32)cc1Cl. The number of rotatable bonds is 5. The molecule has 6 heteroatoms. The van der Waals surface area contributed by atoms with Crippen LogP contribution in [-0.2, 0) is 11.2 Å². The van der Waals surface area contributed by atoms with Gasteiger partial charge in [0.25, 0.3) is 0 Å². The molecule has 2 aromatic carbocycles. The van der Waals surface area contributed by atoms with E-state index in [-0.39, 0.29) is 5.91 Å². The van der Waals surface area contributed by atoms with Crippen molar-refractivity contribution in [1.29, 1.82) is 0 Å². The van der Waals surface area contributed by atoms with Crippen molar-refractivity contribution in [3.05, 3.63) is 47.0 Å². The fourth-order valence-corrected chi connectivity index (χ4v) is 3.31. The Balaban J connectivity index is 1.80. The molecule has 1 aliphatic heterocycles. The van der Waals surface area contributed by atoms with E-state index >= 15 is 0 Å². The van der Waals surface area contributed by atoms with Crippen LogP contribution in [0.1, 0.15) is 12.5 Å². The van der Waals surface area contributed by atoms with Gasteiger partial charge in [-0.25, -0.2) is 0 Å². The second-order valence-corrected chi connectivity index (χ2v) is 6.33. The summed E-state index contributed by atoms with van der Waals surface area (Å²) in [6.45, 7) is 2.53. The highest BCUT2D eigenvalue weighted by Gasteiger charge is 2.28. The van der Waals surface area contributed by atoms with E-state index in [9.17, 15) is 4.79 Å². The Morgan fingerprint density at radius 2 is 1.92 bits per heavy atom. The van der Waals surface area contributed by atoms with Gasteiger partial charge in [0.05, 0.1) is 24.9 Å². The normalized spacial score (nSPS) is 14.0. The minimum absolute atomic E-state index is 0.0129. The third kappa shape index (κ3) is 3.37. The summed E-state index contributed by atoms with van der Waals surface area (Å²) in [4.78, 5) is 14.7. The molecule has 0 saturated heterocycles. The molecular weight excluding hydrogens is 340 g/mol. The topological polar surface area (TPSA) is 50.8 Å². The summed E-state index contributed by atoms with van der Waals surface area (Å²) in [5.74, 6) is 1.11. The number of nitrogens with one attached hydrogen (secondary N) is 1. The van der Waals surface area contributed by atoms with Crippen molar-refractivity contribution in [2.45, 2.75) is 19.4 Å². The van der Waals surface area contributed by atoms with Gasteiger partial charge in [-0.15, -0.1) is 0 Å². The van der Waals surface area contributed by atoms with Gasteiger partial charge in [-0.05, 0) is 31.0 Å². The summed E-state index contributed by atoms with van der Waals surface area (Å²) in [5, 5.41) is 3.66. The molecule has 0 spiro atoms. The van der Waals surface area contributed by atoms with Crippen LogP contribution in [0.25, 0.3) is 0 Å². The number of amides is 1. The average Bonchev–Trinajstić information content (AvgIpc) is 3.05. The number of hydrogen-bond donors (Lipinski definition) is 1. The van der Waals surface area contributed by atoms with Crippen LogP contribution in [0, 0.1) is 0 Å². The zero-order valence-corrected chi connectivity index (χ0v) is 15.3. The van der Waals surface area contributed by atoms with Gasteiger partial charge in [0.2, 0.25) is 5.91 Å². The smallest absolute Gasteiger partial charge is 0.249 e. The lowest BCUT2D eigenvalue weighted by molar-refractivity contribution is -0.118. The quantitative estimate of drug-likeness (QED) is 0.882. The Morgan fingerprint density at radius 1 is 1.20 bits per heavy atom. The minimum Gasteiger partial charge on any atom is -0.495 e. The highest BCUT2D eigenvalue weighted by Crippen LogP contribution is 2.36. The number of nitrogens with zero attached hydrogens (tertiary/aromatic N) is 1. The van der Waals surface area contributed by atoms with Gasteiger partial charge in [0.15, 0.2) is 0 Å². The molecule has 0 fully saturated rings. The first-order chi connectivity index (χ1) is 12.0. The molecule has 1 heterocycles. The highest BCUT2D eigenvalue weighted by atomic mass is 35.5. The standard InChI is InChI=1S/C19H21ClN2O3/c1-12(19(23)22-9-8-13-6-4-5-7-16(13)22)21-15-10-14(20)17(24-2)11-18(15)25-3/h4-7,10-12,21H,8-9H2,1-3H3. The maximum Gasteiger partial charge on any atom is 0.249 e.